The second-order valence-electron chi connectivity index (χ2n) is 7.08. The third kappa shape index (κ3) is 3.76. The van der Waals surface area contributed by atoms with Crippen molar-refractivity contribution in [2.45, 2.75) is 32.1 Å². The van der Waals surface area contributed by atoms with Gasteiger partial charge in [0.2, 0.25) is 0 Å². The van der Waals surface area contributed by atoms with Crippen molar-refractivity contribution in [3.05, 3.63) is 51.3 Å². The minimum Gasteiger partial charge on any atom is -0.506 e. The van der Waals surface area contributed by atoms with Crippen LogP contribution in [0.1, 0.15) is 47.2 Å². The van der Waals surface area contributed by atoms with Gasteiger partial charge in [-0.15, -0.1) is 0 Å². The second kappa shape index (κ2) is 7.96. The van der Waals surface area contributed by atoms with Crippen molar-refractivity contribution in [3.63, 3.8) is 0 Å². The van der Waals surface area contributed by atoms with Crippen LogP contribution in [0.5, 0.6) is 5.75 Å². The standard InChI is InChI=1S/C21H26N2O4/c1-4-16-18(22-20(25)17(19(16)24)21(26)27-3)15-7-5-13(6-8-15)14-9-11-23(2)12-10-14/h5-8,14H,4,9-12H2,1-3H3,(H2,22,24,25). The molecule has 1 aliphatic rings. The largest absolute Gasteiger partial charge is 0.506 e. The van der Waals surface area contributed by atoms with Crippen molar-refractivity contribution in [1.29, 1.82) is 0 Å². The maximum absolute atomic E-state index is 12.3. The van der Waals surface area contributed by atoms with Crippen LogP contribution in [0.25, 0.3) is 11.3 Å². The first-order chi connectivity index (χ1) is 13.0. The molecule has 1 aliphatic heterocycles. The van der Waals surface area contributed by atoms with E-state index in [0.717, 1.165) is 31.5 Å². The number of carbonyl (C=O) groups is 1. The summed E-state index contributed by atoms with van der Waals surface area (Å²) in [7, 11) is 3.33. The number of aromatic nitrogens is 1. The van der Waals surface area contributed by atoms with E-state index in [0.29, 0.717) is 23.6 Å². The average Bonchev–Trinajstić information content (AvgIpc) is 2.68. The number of nitrogens with one attached hydrogen (secondary N) is 1. The molecule has 6 nitrogen and oxygen atoms in total. The molecule has 0 saturated carbocycles. The summed E-state index contributed by atoms with van der Waals surface area (Å²) in [6.45, 7) is 4.07. The summed E-state index contributed by atoms with van der Waals surface area (Å²) in [6, 6.07) is 8.12. The van der Waals surface area contributed by atoms with E-state index in [1.165, 1.54) is 12.7 Å². The number of hydrogen-bond acceptors (Lipinski definition) is 5. The van der Waals surface area contributed by atoms with Gasteiger partial charge in [-0.05, 0) is 56.4 Å². The molecule has 3 rings (SSSR count). The Balaban J connectivity index is 1.96. The first-order valence-corrected chi connectivity index (χ1v) is 9.31. The van der Waals surface area contributed by atoms with Crippen molar-refractivity contribution in [2.24, 2.45) is 0 Å². The predicted molar refractivity (Wildman–Crippen MR) is 104 cm³/mol. The van der Waals surface area contributed by atoms with Crippen LogP contribution in [-0.4, -0.2) is 48.2 Å². The van der Waals surface area contributed by atoms with Crippen molar-refractivity contribution >= 4 is 5.97 Å². The van der Waals surface area contributed by atoms with E-state index in [1.54, 1.807) is 0 Å². The van der Waals surface area contributed by atoms with Gasteiger partial charge in [-0.1, -0.05) is 31.2 Å². The highest BCUT2D eigenvalue weighted by molar-refractivity contribution is 5.93. The number of nitrogens with zero attached hydrogens (tertiary/aromatic N) is 1. The van der Waals surface area contributed by atoms with Crippen LogP contribution < -0.4 is 5.56 Å². The first kappa shape index (κ1) is 19.2. The number of aromatic hydroxyl groups is 1. The number of methoxy groups -OCH3 is 1. The molecule has 6 heteroatoms. The van der Waals surface area contributed by atoms with Crippen molar-refractivity contribution in [1.82, 2.24) is 9.88 Å². The Morgan fingerprint density at radius 3 is 2.44 bits per heavy atom. The minimum absolute atomic E-state index is 0.303. The Bertz CT molecular complexity index is 878. The van der Waals surface area contributed by atoms with Gasteiger partial charge in [0.25, 0.3) is 5.56 Å². The van der Waals surface area contributed by atoms with Gasteiger partial charge in [-0.2, -0.15) is 0 Å². The fourth-order valence-corrected chi connectivity index (χ4v) is 3.77. The van der Waals surface area contributed by atoms with Crippen LogP contribution >= 0.6 is 0 Å². The molecule has 0 spiro atoms. The molecule has 0 atom stereocenters. The van der Waals surface area contributed by atoms with E-state index in [4.69, 9.17) is 0 Å². The van der Waals surface area contributed by atoms with Gasteiger partial charge in [0.05, 0.1) is 12.8 Å². The lowest BCUT2D eigenvalue weighted by Gasteiger charge is -2.29. The van der Waals surface area contributed by atoms with Gasteiger partial charge >= 0.3 is 5.97 Å². The van der Waals surface area contributed by atoms with Gasteiger partial charge in [0.1, 0.15) is 5.75 Å². The van der Waals surface area contributed by atoms with Crippen LogP contribution in [0.4, 0.5) is 0 Å². The number of aromatic amines is 1. The quantitative estimate of drug-likeness (QED) is 0.809. The van der Waals surface area contributed by atoms with E-state index in [1.807, 2.05) is 19.1 Å². The highest BCUT2D eigenvalue weighted by Gasteiger charge is 2.23. The molecule has 1 aromatic carbocycles. The van der Waals surface area contributed by atoms with Crippen molar-refractivity contribution in [3.8, 4) is 17.0 Å². The number of benzene rings is 1. The highest BCUT2D eigenvalue weighted by atomic mass is 16.5. The van der Waals surface area contributed by atoms with Gasteiger partial charge in [-0.3, -0.25) is 4.79 Å². The topological polar surface area (TPSA) is 82.6 Å². The Morgan fingerprint density at radius 1 is 1.26 bits per heavy atom. The molecule has 0 aliphatic carbocycles. The zero-order valence-electron chi connectivity index (χ0n) is 16.0. The monoisotopic (exact) mass is 370 g/mol. The molecule has 1 aromatic heterocycles. The molecular formula is C21H26N2O4. The summed E-state index contributed by atoms with van der Waals surface area (Å²) < 4.78 is 4.61. The lowest BCUT2D eigenvalue weighted by Crippen LogP contribution is -2.29. The Labute approximate surface area is 158 Å². The molecule has 0 amide bonds. The predicted octanol–water partition coefficient (Wildman–Crippen LogP) is 2.91. The zero-order chi connectivity index (χ0) is 19.6. The maximum Gasteiger partial charge on any atom is 0.347 e. The average molecular weight is 370 g/mol. The number of esters is 1. The Hall–Kier alpha value is -2.60. The van der Waals surface area contributed by atoms with E-state index >= 15 is 0 Å². The summed E-state index contributed by atoms with van der Waals surface area (Å²) in [5, 5.41) is 10.5. The van der Waals surface area contributed by atoms with Gasteiger partial charge in [0.15, 0.2) is 5.56 Å². The van der Waals surface area contributed by atoms with Crippen molar-refractivity contribution in [2.75, 3.05) is 27.2 Å². The van der Waals surface area contributed by atoms with Gasteiger partial charge in [-0.25, -0.2) is 4.79 Å². The lowest BCUT2D eigenvalue weighted by atomic mass is 9.88. The smallest absolute Gasteiger partial charge is 0.347 e. The third-order valence-corrected chi connectivity index (χ3v) is 5.42. The molecule has 27 heavy (non-hydrogen) atoms. The fraction of sp³-hybridized carbons (Fsp3) is 0.429. The summed E-state index contributed by atoms with van der Waals surface area (Å²) >= 11 is 0. The number of carbonyl (C=O) groups excluding carboxylic acids is 1. The number of likely N-dealkylation sites (tertiary alicyclic amines) is 1. The molecule has 0 unspecified atom stereocenters. The molecular weight excluding hydrogens is 344 g/mol. The number of ether oxygens (including phenoxy) is 1. The fourth-order valence-electron chi connectivity index (χ4n) is 3.77. The highest BCUT2D eigenvalue weighted by Crippen LogP contribution is 2.32. The molecule has 2 heterocycles. The summed E-state index contributed by atoms with van der Waals surface area (Å²) in [5.74, 6) is -0.592. The van der Waals surface area contributed by atoms with E-state index in [-0.39, 0.29) is 11.3 Å². The van der Waals surface area contributed by atoms with E-state index in [9.17, 15) is 14.7 Å². The van der Waals surface area contributed by atoms with Crippen molar-refractivity contribution < 1.29 is 14.6 Å². The number of pyridine rings is 1. The molecule has 0 bridgehead atoms. The zero-order valence-corrected chi connectivity index (χ0v) is 16.0. The molecule has 0 radical (unpaired) electrons. The second-order valence-corrected chi connectivity index (χ2v) is 7.08. The normalized spacial score (nSPS) is 15.7. The molecule has 1 fully saturated rings. The summed E-state index contributed by atoms with van der Waals surface area (Å²) in [5.41, 5.74) is 2.19. The molecule has 2 N–H and O–H groups in total. The molecule has 2 aromatic rings. The minimum atomic E-state index is -0.840. The maximum atomic E-state index is 12.3. The SMILES string of the molecule is CCc1c(-c2ccc(C3CCN(C)CC3)cc2)[nH]c(=O)c(C(=O)OC)c1O. The van der Waals surface area contributed by atoms with E-state index < -0.39 is 11.5 Å². The Kier molecular flexibility index (Phi) is 5.65. The van der Waals surface area contributed by atoms with E-state index in [2.05, 4.69) is 33.8 Å². The number of H-pyrrole nitrogens is 1. The number of piperidine rings is 1. The van der Waals surface area contributed by atoms with Crippen LogP contribution in [-0.2, 0) is 11.2 Å². The van der Waals surface area contributed by atoms with Crippen LogP contribution in [0.15, 0.2) is 29.1 Å². The number of rotatable bonds is 4. The summed E-state index contributed by atoms with van der Waals surface area (Å²) in [6.07, 6.45) is 2.75. The lowest BCUT2D eigenvalue weighted by molar-refractivity contribution is 0.0595. The number of hydrogen-bond donors (Lipinski definition) is 2. The van der Waals surface area contributed by atoms with Gasteiger partial charge in [0, 0.05) is 5.56 Å². The summed E-state index contributed by atoms with van der Waals surface area (Å²) in [4.78, 5) is 29.2. The molecule has 144 valence electrons. The third-order valence-electron chi connectivity index (χ3n) is 5.42. The Morgan fingerprint density at radius 2 is 1.89 bits per heavy atom. The van der Waals surface area contributed by atoms with Crippen LogP contribution in [0.2, 0.25) is 0 Å². The first-order valence-electron chi connectivity index (χ1n) is 9.31. The molecule has 1 saturated heterocycles. The van der Waals surface area contributed by atoms with Crippen LogP contribution in [0, 0.1) is 0 Å². The van der Waals surface area contributed by atoms with Crippen LogP contribution in [0.3, 0.4) is 0 Å². The van der Waals surface area contributed by atoms with Gasteiger partial charge < -0.3 is 19.7 Å².